The molecule has 1 unspecified atom stereocenters. The van der Waals surface area contributed by atoms with Crippen molar-refractivity contribution in [1.29, 1.82) is 0 Å². The summed E-state index contributed by atoms with van der Waals surface area (Å²) in [6.07, 6.45) is 3.46. The van der Waals surface area contributed by atoms with E-state index in [0.717, 1.165) is 5.56 Å². The van der Waals surface area contributed by atoms with Crippen molar-refractivity contribution in [1.82, 2.24) is 16.2 Å². The summed E-state index contributed by atoms with van der Waals surface area (Å²) in [5, 5.41) is 3.40. The van der Waals surface area contributed by atoms with Gasteiger partial charge in [-0.15, -0.1) is 0 Å². The Labute approximate surface area is 202 Å². The van der Waals surface area contributed by atoms with Crippen LogP contribution in [0.15, 0.2) is 48.5 Å². The number of nitrogens with one attached hydrogen (secondary N) is 3. The molecule has 1 atom stereocenters. The summed E-state index contributed by atoms with van der Waals surface area (Å²) >= 11 is 11.8. The normalized spacial score (nSPS) is 11.5. The highest BCUT2D eigenvalue weighted by atomic mass is 35.5. The molecule has 0 bridgehead atoms. The second-order valence-electron chi connectivity index (χ2n) is 6.90. The van der Waals surface area contributed by atoms with Crippen molar-refractivity contribution < 1.29 is 23.9 Å². The van der Waals surface area contributed by atoms with Crippen molar-refractivity contribution in [2.75, 3.05) is 13.7 Å². The highest BCUT2D eigenvalue weighted by molar-refractivity contribution is 6.35. The van der Waals surface area contributed by atoms with Gasteiger partial charge in [0, 0.05) is 17.5 Å². The highest BCUT2D eigenvalue weighted by Gasteiger charge is 2.15. The van der Waals surface area contributed by atoms with Crippen LogP contribution in [0.25, 0.3) is 6.08 Å². The molecule has 0 aromatic heterocycles. The Morgan fingerprint density at radius 1 is 1.06 bits per heavy atom. The zero-order valence-corrected chi connectivity index (χ0v) is 19.7. The van der Waals surface area contributed by atoms with E-state index >= 15 is 0 Å². The Bertz CT molecular complexity index is 996. The van der Waals surface area contributed by atoms with Gasteiger partial charge in [0.15, 0.2) is 0 Å². The van der Waals surface area contributed by atoms with Crippen LogP contribution in [0.2, 0.25) is 10.0 Å². The van der Waals surface area contributed by atoms with Crippen molar-refractivity contribution in [3.63, 3.8) is 0 Å². The maximum Gasteiger partial charge on any atom is 0.260 e. The van der Waals surface area contributed by atoms with Crippen molar-refractivity contribution in [3.8, 4) is 11.5 Å². The van der Waals surface area contributed by atoms with Gasteiger partial charge in [0.05, 0.1) is 18.7 Å². The lowest BCUT2D eigenvalue weighted by molar-refractivity contribution is -0.131. The summed E-state index contributed by atoms with van der Waals surface area (Å²) in [5.74, 6) is -0.216. The third-order valence-electron chi connectivity index (χ3n) is 4.32. The molecule has 0 fully saturated rings. The van der Waals surface area contributed by atoms with Crippen molar-refractivity contribution >= 4 is 47.0 Å². The molecular formula is C23H25Cl2N3O5. The summed E-state index contributed by atoms with van der Waals surface area (Å²) in [6, 6.07) is 11.1. The van der Waals surface area contributed by atoms with Crippen LogP contribution in [0, 0.1) is 0 Å². The minimum absolute atomic E-state index is 0.122. The molecule has 0 aliphatic heterocycles. The smallest absolute Gasteiger partial charge is 0.260 e. The lowest BCUT2D eigenvalue weighted by atomic mass is 10.2. The molecule has 2 aromatic rings. The monoisotopic (exact) mass is 493 g/mol. The number of hydrazine groups is 1. The predicted octanol–water partition coefficient (Wildman–Crippen LogP) is 3.53. The standard InChI is InChI=1S/C23H25Cl2N3O5/c1-15(26-21(29)12-7-16-5-9-18(32-2)10-6-16)23(31)28-27-22(30)4-3-13-33-20-11-8-17(24)14-19(20)25/h5-12,14-15H,3-4,13H2,1-2H3,(H,26,29)(H,27,30)(H,28,31)/b12-7+. The fourth-order valence-corrected chi connectivity index (χ4v) is 2.99. The number of methoxy groups -OCH3 is 1. The van der Waals surface area contributed by atoms with E-state index in [0.29, 0.717) is 28.0 Å². The fourth-order valence-electron chi connectivity index (χ4n) is 2.52. The molecule has 2 rings (SSSR count). The molecular weight excluding hydrogens is 469 g/mol. The van der Waals surface area contributed by atoms with Crippen molar-refractivity contribution in [2.45, 2.75) is 25.8 Å². The van der Waals surface area contributed by atoms with E-state index in [1.807, 2.05) is 0 Å². The molecule has 176 valence electrons. The van der Waals surface area contributed by atoms with Crippen LogP contribution in [-0.4, -0.2) is 37.5 Å². The van der Waals surface area contributed by atoms with Gasteiger partial charge in [0.25, 0.3) is 5.91 Å². The summed E-state index contributed by atoms with van der Waals surface area (Å²) < 4.78 is 10.6. The van der Waals surface area contributed by atoms with E-state index in [1.54, 1.807) is 55.7 Å². The largest absolute Gasteiger partial charge is 0.497 e. The quantitative estimate of drug-likeness (QED) is 0.266. The molecule has 2 aromatic carbocycles. The van der Waals surface area contributed by atoms with Crippen LogP contribution >= 0.6 is 23.2 Å². The van der Waals surface area contributed by atoms with E-state index in [2.05, 4.69) is 16.2 Å². The molecule has 0 saturated heterocycles. The maximum atomic E-state index is 12.1. The number of carbonyl (C=O) groups is 3. The second-order valence-corrected chi connectivity index (χ2v) is 7.74. The molecule has 3 amide bonds. The number of ether oxygens (including phenoxy) is 2. The van der Waals surface area contributed by atoms with Gasteiger partial charge in [-0.2, -0.15) is 0 Å². The Balaban J connectivity index is 1.65. The van der Waals surface area contributed by atoms with E-state index < -0.39 is 23.8 Å². The summed E-state index contributed by atoms with van der Waals surface area (Å²) in [7, 11) is 1.57. The van der Waals surface area contributed by atoms with E-state index in [1.165, 1.54) is 13.0 Å². The number of carbonyl (C=O) groups excluding carboxylic acids is 3. The Morgan fingerprint density at radius 2 is 1.79 bits per heavy atom. The van der Waals surface area contributed by atoms with Crippen LogP contribution in [0.4, 0.5) is 0 Å². The predicted molar refractivity (Wildman–Crippen MR) is 127 cm³/mol. The van der Waals surface area contributed by atoms with Gasteiger partial charge >= 0.3 is 0 Å². The number of benzene rings is 2. The molecule has 0 radical (unpaired) electrons. The second kappa shape index (κ2) is 13.3. The lowest BCUT2D eigenvalue weighted by Crippen LogP contribution is -2.50. The molecule has 33 heavy (non-hydrogen) atoms. The van der Waals surface area contributed by atoms with Crippen LogP contribution in [-0.2, 0) is 14.4 Å². The summed E-state index contributed by atoms with van der Waals surface area (Å²) in [6.45, 7) is 1.76. The van der Waals surface area contributed by atoms with Crippen LogP contribution in [0.5, 0.6) is 11.5 Å². The minimum Gasteiger partial charge on any atom is -0.497 e. The fraction of sp³-hybridized carbons (Fsp3) is 0.261. The molecule has 10 heteroatoms. The third kappa shape index (κ3) is 9.43. The Hall–Kier alpha value is -3.23. The average molecular weight is 494 g/mol. The SMILES string of the molecule is COc1ccc(/C=C/C(=O)NC(C)C(=O)NNC(=O)CCCOc2ccc(Cl)cc2Cl)cc1. The lowest BCUT2D eigenvalue weighted by Gasteiger charge is -2.14. The number of rotatable bonds is 10. The molecule has 0 saturated carbocycles. The number of amides is 3. The average Bonchev–Trinajstić information content (AvgIpc) is 2.80. The number of hydrogen-bond acceptors (Lipinski definition) is 5. The summed E-state index contributed by atoms with van der Waals surface area (Å²) in [5.41, 5.74) is 5.39. The summed E-state index contributed by atoms with van der Waals surface area (Å²) in [4.78, 5) is 36.0. The van der Waals surface area contributed by atoms with Gasteiger partial charge < -0.3 is 14.8 Å². The first-order valence-corrected chi connectivity index (χ1v) is 10.8. The molecule has 3 N–H and O–H groups in total. The van der Waals surface area contributed by atoms with Crippen molar-refractivity contribution in [3.05, 3.63) is 64.1 Å². The van der Waals surface area contributed by atoms with E-state index in [-0.39, 0.29) is 13.0 Å². The van der Waals surface area contributed by atoms with Crippen LogP contribution < -0.4 is 25.6 Å². The molecule has 0 spiro atoms. The highest BCUT2D eigenvalue weighted by Crippen LogP contribution is 2.27. The zero-order chi connectivity index (χ0) is 24.2. The molecule has 0 aliphatic rings. The third-order valence-corrected chi connectivity index (χ3v) is 4.85. The first kappa shape index (κ1) is 26.0. The zero-order valence-electron chi connectivity index (χ0n) is 18.2. The maximum absolute atomic E-state index is 12.1. The number of halogens is 2. The molecule has 0 aliphatic carbocycles. The van der Waals surface area contributed by atoms with E-state index in [9.17, 15) is 14.4 Å². The van der Waals surface area contributed by atoms with Gasteiger partial charge in [-0.05, 0) is 55.3 Å². The number of hydrogen-bond donors (Lipinski definition) is 3. The van der Waals surface area contributed by atoms with Gasteiger partial charge in [-0.3, -0.25) is 25.2 Å². The minimum atomic E-state index is -0.853. The van der Waals surface area contributed by atoms with Gasteiger partial charge in [-0.25, -0.2) is 0 Å². The van der Waals surface area contributed by atoms with Gasteiger partial charge in [-0.1, -0.05) is 35.3 Å². The topological polar surface area (TPSA) is 106 Å². The first-order valence-electron chi connectivity index (χ1n) is 10.1. The van der Waals surface area contributed by atoms with Crippen molar-refractivity contribution in [2.24, 2.45) is 0 Å². The molecule has 8 nitrogen and oxygen atoms in total. The van der Waals surface area contributed by atoms with E-state index in [4.69, 9.17) is 32.7 Å². The molecule has 0 heterocycles. The first-order chi connectivity index (χ1) is 15.8. The Kier molecular flexibility index (Phi) is 10.5. The van der Waals surface area contributed by atoms with Gasteiger partial charge in [0.2, 0.25) is 11.8 Å². The van der Waals surface area contributed by atoms with Crippen LogP contribution in [0.1, 0.15) is 25.3 Å². The van der Waals surface area contributed by atoms with Gasteiger partial charge in [0.1, 0.15) is 17.5 Å². The van der Waals surface area contributed by atoms with Crippen LogP contribution in [0.3, 0.4) is 0 Å². The Morgan fingerprint density at radius 3 is 2.45 bits per heavy atom.